The minimum Gasteiger partial charge on any atom is -0.507 e. The largest absolute Gasteiger partial charge is 0.507 e. The summed E-state index contributed by atoms with van der Waals surface area (Å²) < 4.78 is 10.5. The molecule has 0 heterocycles. The fourth-order valence-electron chi connectivity index (χ4n) is 3.81. The average molecular weight is 469 g/mol. The van der Waals surface area contributed by atoms with Crippen LogP contribution in [-0.4, -0.2) is 50.0 Å². The van der Waals surface area contributed by atoms with Crippen molar-refractivity contribution in [1.29, 1.82) is 0 Å². The fourth-order valence-corrected chi connectivity index (χ4v) is 3.81. The predicted octanol–water partition coefficient (Wildman–Crippen LogP) is 6.55. The SMILES string of the molecule is COc1cccc(O)c1/C=N/CCCCCCCCCCCC/N=C/c1c(O)cccc1OC. The Morgan fingerprint density at radius 1 is 0.588 bits per heavy atom. The molecule has 0 unspecified atom stereocenters. The van der Waals surface area contributed by atoms with Crippen LogP contribution in [-0.2, 0) is 0 Å². The van der Waals surface area contributed by atoms with E-state index in [9.17, 15) is 10.2 Å². The molecule has 186 valence electrons. The summed E-state index contributed by atoms with van der Waals surface area (Å²) in [6.07, 6.45) is 15.6. The van der Waals surface area contributed by atoms with Gasteiger partial charge in [-0.05, 0) is 37.1 Å². The fraction of sp³-hybridized carbons (Fsp3) is 0.500. The van der Waals surface area contributed by atoms with E-state index < -0.39 is 0 Å². The Balaban J connectivity index is 1.43. The molecule has 0 fully saturated rings. The Morgan fingerprint density at radius 3 is 1.29 bits per heavy atom. The van der Waals surface area contributed by atoms with Crippen LogP contribution in [0.25, 0.3) is 0 Å². The summed E-state index contributed by atoms with van der Waals surface area (Å²) in [5.74, 6) is 1.68. The number of hydrogen-bond acceptors (Lipinski definition) is 6. The smallest absolute Gasteiger partial charge is 0.131 e. The number of aromatic hydroxyl groups is 2. The van der Waals surface area contributed by atoms with Crippen LogP contribution in [0.5, 0.6) is 23.0 Å². The number of benzene rings is 2. The van der Waals surface area contributed by atoms with E-state index in [0.29, 0.717) is 22.6 Å². The molecule has 2 rings (SSSR count). The lowest BCUT2D eigenvalue weighted by atomic mass is 10.1. The summed E-state index contributed by atoms with van der Waals surface area (Å²) in [6.45, 7) is 1.55. The van der Waals surface area contributed by atoms with Gasteiger partial charge in [0, 0.05) is 25.5 Å². The number of aliphatic imine (C=N–C) groups is 2. The van der Waals surface area contributed by atoms with E-state index in [1.165, 1.54) is 51.4 Å². The molecule has 0 atom stereocenters. The van der Waals surface area contributed by atoms with Crippen LogP contribution < -0.4 is 9.47 Å². The van der Waals surface area contributed by atoms with Crippen LogP contribution in [0.1, 0.15) is 75.3 Å². The molecule has 0 radical (unpaired) electrons. The third-order valence-corrected chi connectivity index (χ3v) is 5.79. The van der Waals surface area contributed by atoms with E-state index in [-0.39, 0.29) is 11.5 Å². The van der Waals surface area contributed by atoms with Gasteiger partial charge in [0.25, 0.3) is 0 Å². The number of nitrogens with zero attached hydrogens (tertiary/aromatic N) is 2. The van der Waals surface area contributed by atoms with Crippen molar-refractivity contribution in [1.82, 2.24) is 0 Å². The molecule has 0 spiro atoms. The van der Waals surface area contributed by atoms with Gasteiger partial charge in [-0.25, -0.2) is 0 Å². The second kappa shape index (κ2) is 16.6. The van der Waals surface area contributed by atoms with E-state index in [0.717, 1.165) is 25.9 Å². The normalized spacial score (nSPS) is 11.5. The van der Waals surface area contributed by atoms with Gasteiger partial charge in [0.05, 0.1) is 25.3 Å². The molecule has 0 aliphatic rings. The molecular weight excluding hydrogens is 428 g/mol. The number of ether oxygens (including phenoxy) is 2. The number of phenolic OH excluding ortho intramolecular Hbond substituents is 2. The number of unbranched alkanes of at least 4 members (excludes halogenated alkanes) is 9. The van der Waals surface area contributed by atoms with Crippen LogP contribution in [0.2, 0.25) is 0 Å². The van der Waals surface area contributed by atoms with Crippen molar-refractivity contribution in [3.8, 4) is 23.0 Å². The second-order valence-electron chi connectivity index (χ2n) is 8.39. The number of hydrogen-bond donors (Lipinski definition) is 2. The third kappa shape index (κ3) is 9.86. The molecule has 0 aliphatic heterocycles. The highest BCUT2D eigenvalue weighted by molar-refractivity contribution is 5.87. The molecular formula is C28H40N2O4. The highest BCUT2D eigenvalue weighted by Gasteiger charge is 2.05. The molecule has 6 nitrogen and oxygen atoms in total. The third-order valence-electron chi connectivity index (χ3n) is 5.79. The lowest BCUT2D eigenvalue weighted by molar-refractivity contribution is 0.406. The Morgan fingerprint density at radius 2 is 0.941 bits per heavy atom. The summed E-state index contributed by atoms with van der Waals surface area (Å²) in [5, 5.41) is 19.8. The van der Waals surface area contributed by atoms with Crippen molar-refractivity contribution in [3.63, 3.8) is 0 Å². The first-order chi connectivity index (χ1) is 16.7. The van der Waals surface area contributed by atoms with Crippen LogP contribution in [0.15, 0.2) is 46.4 Å². The topological polar surface area (TPSA) is 83.6 Å². The van der Waals surface area contributed by atoms with Crippen molar-refractivity contribution < 1.29 is 19.7 Å². The lowest BCUT2D eigenvalue weighted by Crippen LogP contribution is -1.92. The molecule has 0 aromatic heterocycles. The Kier molecular flexibility index (Phi) is 13.3. The van der Waals surface area contributed by atoms with Gasteiger partial charge in [0.2, 0.25) is 0 Å². The maximum atomic E-state index is 9.92. The van der Waals surface area contributed by atoms with Crippen LogP contribution in [0.4, 0.5) is 0 Å². The van der Waals surface area contributed by atoms with Gasteiger partial charge in [0.1, 0.15) is 23.0 Å². The zero-order chi connectivity index (χ0) is 24.4. The van der Waals surface area contributed by atoms with E-state index >= 15 is 0 Å². The first kappa shape index (κ1) is 27.2. The van der Waals surface area contributed by atoms with E-state index in [1.807, 2.05) is 12.1 Å². The van der Waals surface area contributed by atoms with Crippen LogP contribution in [0, 0.1) is 0 Å². The Labute approximate surface area is 204 Å². The Hall–Kier alpha value is -3.02. The van der Waals surface area contributed by atoms with Crippen molar-refractivity contribution in [2.24, 2.45) is 9.98 Å². The quantitative estimate of drug-likeness (QED) is 0.204. The highest BCUT2D eigenvalue weighted by atomic mass is 16.5. The van der Waals surface area contributed by atoms with Crippen molar-refractivity contribution >= 4 is 12.4 Å². The zero-order valence-electron chi connectivity index (χ0n) is 20.7. The zero-order valence-corrected chi connectivity index (χ0v) is 20.7. The molecule has 0 amide bonds. The summed E-state index contributed by atoms with van der Waals surface area (Å²) in [5.41, 5.74) is 1.29. The van der Waals surface area contributed by atoms with Crippen LogP contribution in [0.3, 0.4) is 0 Å². The van der Waals surface area contributed by atoms with Gasteiger partial charge in [-0.2, -0.15) is 0 Å². The molecule has 0 aliphatic carbocycles. The molecule has 2 aromatic rings. The standard InChI is InChI=1S/C28H40N2O4/c1-33-27-17-13-15-25(31)23(27)21-29-19-11-9-7-5-3-4-6-8-10-12-20-30-22-24-26(32)16-14-18-28(24)34-2/h13-18,21-22,31-32H,3-12,19-20H2,1-2H3/b29-21+,30-22+. The minimum atomic E-state index is 0.198. The summed E-state index contributed by atoms with van der Waals surface area (Å²) in [7, 11) is 3.19. The highest BCUT2D eigenvalue weighted by Crippen LogP contribution is 2.26. The van der Waals surface area contributed by atoms with E-state index in [2.05, 4.69) is 9.98 Å². The molecule has 2 aromatic carbocycles. The Bertz CT molecular complexity index is 822. The van der Waals surface area contributed by atoms with Gasteiger partial charge in [-0.1, -0.05) is 63.5 Å². The molecule has 0 saturated heterocycles. The maximum Gasteiger partial charge on any atom is 0.131 e. The molecule has 34 heavy (non-hydrogen) atoms. The number of phenols is 2. The van der Waals surface area contributed by atoms with Gasteiger partial charge >= 0.3 is 0 Å². The number of methoxy groups -OCH3 is 2. The minimum absolute atomic E-state index is 0.198. The molecule has 0 saturated carbocycles. The van der Waals surface area contributed by atoms with E-state index in [1.54, 1.807) is 50.9 Å². The van der Waals surface area contributed by atoms with Crippen molar-refractivity contribution in [3.05, 3.63) is 47.5 Å². The summed E-state index contributed by atoms with van der Waals surface area (Å²) in [4.78, 5) is 8.87. The molecule has 6 heteroatoms. The summed E-state index contributed by atoms with van der Waals surface area (Å²) >= 11 is 0. The van der Waals surface area contributed by atoms with Crippen molar-refractivity contribution in [2.75, 3.05) is 27.3 Å². The molecule has 0 bridgehead atoms. The first-order valence-electron chi connectivity index (χ1n) is 12.4. The monoisotopic (exact) mass is 468 g/mol. The van der Waals surface area contributed by atoms with Gasteiger partial charge in [0.15, 0.2) is 0 Å². The average Bonchev–Trinajstić information content (AvgIpc) is 2.85. The van der Waals surface area contributed by atoms with Gasteiger partial charge in [-0.15, -0.1) is 0 Å². The maximum absolute atomic E-state index is 9.92. The van der Waals surface area contributed by atoms with E-state index in [4.69, 9.17) is 9.47 Å². The summed E-state index contributed by atoms with van der Waals surface area (Å²) in [6, 6.07) is 10.5. The van der Waals surface area contributed by atoms with Gasteiger partial charge < -0.3 is 19.7 Å². The lowest BCUT2D eigenvalue weighted by Gasteiger charge is -2.06. The predicted molar refractivity (Wildman–Crippen MR) is 140 cm³/mol. The van der Waals surface area contributed by atoms with Crippen LogP contribution >= 0.6 is 0 Å². The van der Waals surface area contributed by atoms with Gasteiger partial charge in [-0.3, -0.25) is 9.98 Å². The first-order valence-corrected chi connectivity index (χ1v) is 12.4. The molecule has 2 N–H and O–H groups in total. The second-order valence-corrected chi connectivity index (χ2v) is 8.39. The van der Waals surface area contributed by atoms with Crippen molar-refractivity contribution in [2.45, 2.75) is 64.2 Å². The number of rotatable bonds is 17.